The number of rotatable bonds is 13. The van der Waals surface area contributed by atoms with Crippen molar-refractivity contribution in [1.82, 2.24) is 39.4 Å². The van der Waals surface area contributed by atoms with E-state index in [1.165, 1.54) is 18.8 Å². The molecule has 63 heavy (non-hydrogen) atoms. The van der Waals surface area contributed by atoms with Gasteiger partial charge in [-0.15, -0.1) is 0 Å². The Morgan fingerprint density at radius 3 is 2.30 bits per heavy atom. The van der Waals surface area contributed by atoms with Crippen LogP contribution in [-0.4, -0.2) is 137 Å². The number of hydrogen-bond acceptors (Lipinski definition) is 12. The van der Waals surface area contributed by atoms with Crippen LogP contribution in [0.2, 0.25) is 0 Å². The minimum atomic E-state index is -4.15. The smallest absolute Gasteiger partial charge is 0.301 e. The first-order valence-corrected chi connectivity index (χ1v) is 22.4. The van der Waals surface area contributed by atoms with Gasteiger partial charge in [-0.1, -0.05) is 19.1 Å². The highest BCUT2D eigenvalue weighted by molar-refractivity contribution is 7.90. The lowest BCUT2D eigenvalue weighted by molar-refractivity contribution is -0.133. The van der Waals surface area contributed by atoms with Crippen molar-refractivity contribution in [3.05, 3.63) is 95.6 Å². The molecule has 0 radical (unpaired) electrons. The summed E-state index contributed by atoms with van der Waals surface area (Å²) in [5.74, 6) is -2.73. The lowest BCUT2D eigenvalue weighted by Gasteiger charge is -2.37. The molecule has 8 rings (SSSR count). The van der Waals surface area contributed by atoms with E-state index >= 15 is 8.78 Å². The Bertz CT molecular complexity index is 2600. The molecule has 0 aliphatic carbocycles. The zero-order chi connectivity index (χ0) is 44.4. The number of piperazine rings is 1. The summed E-state index contributed by atoms with van der Waals surface area (Å²) in [6, 6.07) is 11.2. The molecule has 3 aliphatic heterocycles. The monoisotopic (exact) mass is 885 g/mol. The summed E-state index contributed by atoms with van der Waals surface area (Å²) in [4.78, 5) is 61.7. The number of halogens is 2. The van der Waals surface area contributed by atoms with Crippen molar-refractivity contribution in [1.29, 1.82) is 0 Å². The van der Waals surface area contributed by atoms with E-state index in [4.69, 9.17) is 0 Å². The predicted octanol–water partition coefficient (Wildman–Crippen LogP) is 3.67. The van der Waals surface area contributed by atoms with Gasteiger partial charge in [0.25, 0.3) is 0 Å². The Kier molecular flexibility index (Phi) is 12.7. The van der Waals surface area contributed by atoms with Crippen LogP contribution in [0.3, 0.4) is 0 Å². The quantitative estimate of drug-likeness (QED) is 0.107. The van der Waals surface area contributed by atoms with Crippen LogP contribution in [-0.2, 0) is 19.8 Å². The highest BCUT2D eigenvalue weighted by Crippen LogP contribution is 2.31. The van der Waals surface area contributed by atoms with Gasteiger partial charge in [0.15, 0.2) is 5.82 Å². The van der Waals surface area contributed by atoms with Crippen LogP contribution < -0.4 is 20.3 Å². The number of likely N-dealkylation sites (tertiary alicyclic amines) is 1. The number of pyridine rings is 1. The Morgan fingerprint density at radius 2 is 1.62 bits per heavy atom. The van der Waals surface area contributed by atoms with Crippen molar-refractivity contribution < 1.29 is 36.7 Å². The molecule has 6 heterocycles. The fourth-order valence-corrected chi connectivity index (χ4v) is 9.13. The molecule has 0 spiro atoms. The third-order valence-corrected chi connectivity index (χ3v) is 13.7. The van der Waals surface area contributed by atoms with Gasteiger partial charge in [-0.3, -0.25) is 24.0 Å². The topological polar surface area (TPSA) is 209 Å². The first-order valence-electron chi connectivity index (χ1n) is 20.9. The van der Waals surface area contributed by atoms with E-state index in [9.17, 15) is 27.9 Å². The summed E-state index contributed by atoms with van der Waals surface area (Å²) in [5, 5.41) is 15.7. The fraction of sp³-hybridized carbons (Fsp3) is 0.395. The number of amides is 2. The maximum atomic E-state index is 15.6. The van der Waals surface area contributed by atoms with Crippen molar-refractivity contribution in [2.24, 2.45) is 0 Å². The number of hydrogen-bond donors (Lipinski definition) is 5. The van der Waals surface area contributed by atoms with Gasteiger partial charge in [0.05, 0.1) is 17.8 Å². The number of piperidine rings is 2. The van der Waals surface area contributed by atoms with Gasteiger partial charge in [-0.25, -0.2) is 23.7 Å². The number of H-pyrrole nitrogens is 1. The third-order valence-electron chi connectivity index (χ3n) is 12.1. The summed E-state index contributed by atoms with van der Waals surface area (Å²) in [6.45, 7) is 5.86. The number of anilines is 3. The molecule has 5 aromatic rings. The second-order valence-corrected chi connectivity index (χ2v) is 17.8. The highest BCUT2D eigenvalue weighted by atomic mass is 32.2. The van der Waals surface area contributed by atoms with Crippen LogP contribution in [0, 0.1) is 11.6 Å². The number of nitrogens with zero attached hydrogens (tertiary/aromatic N) is 7. The van der Waals surface area contributed by atoms with Crippen LogP contribution >= 0.6 is 0 Å². The molecule has 3 aliphatic rings. The third kappa shape index (κ3) is 9.48. The maximum Gasteiger partial charge on any atom is 0.301 e. The number of carbonyl (C=O) groups is 3. The lowest BCUT2D eigenvalue weighted by atomic mass is 9.89. The number of aromatic nitrogens is 4. The van der Waals surface area contributed by atoms with Gasteiger partial charge in [0.1, 0.15) is 23.7 Å². The molecule has 3 fully saturated rings. The average molecular weight is 886 g/mol. The zero-order valence-corrected chi connectivity index (χ0v) is 35.7. The standard InChI is InChI=1S/C43H49F2N11O6S/c1-3-53(2)63(61,62)52-34-9-8-33(44)38(39(34)45)40(59)32-24-47-41-31(32)20-28(21-46-41)29-22-48-43(49-23-29)56-18-16-55(17-19-56)37(58)25-54-14-12-27(13-15-54)26-4-6-30(7-5-26)50-35-10-11-36(57)51-42(35)60/h4-9,20-24,27,35-36,50,52,57H,3,10-19,25H2,1-2H3,(H,46,47)(H,51,60). The predicted molar refractivity (Wildman–Crippen MR) is 232 cm³/mol. The van der Waals surface area contributed by atoms with Crippen molar-refractivity contribution >= 4 is 56.2 Å². The first-order chi connectivity index (χ1) is 30.3. The van der Waals surface area contributed by atoms with Crippen molar-refractivity contribution in [3.63, 3.8) is 0 Å². The molecule has 2 atom stereocenters. The Balaban J connectivity index is 0.833. The number of nitrogens with one attached hydrogen (secondary N) is 4. The summed E-state index contributed by atoms with van der Waals surface area (Å²) in [7, 11) is -2.86. The number of aliphatic hydroxyl groups is 1. The fourth-order valence-electron chi connectivity index (χ4n) is 8.20. The van der Waals surface area contributed by atoms with Crippen LogP contribution in [0.25, 0.3) is 22.2 Å². The number of aliphatic hydroxyl groups excluding tert-OH is 1. The molecule has 2 aromatic carbocycles. The Labute approximate surface area is 363 Å². The Hall–Kier alpha value is -6.09. The molecule has 332 valence electrons. The van der Waals surface area contributed by atoms with E-state index in [0.29, 0.717) is 74.2 Å². The van der Waals surface area contributed by atoms with E-state index in [-0.39, 0.29) is 35.4 Å². The second kappa shape index (κ2) is 18.3. The normalized spacial score (nSPS) is 19.0. The zero-order valence-electron chi connectivity index (χ0n) is 34.9. The minimum Gasteiger partial charge on any atom is -0.374 e. The van der Waals surface area contributed by atoms with E-state index in [0.717, 1.165) is 48.1 Å². The van der Waals surface area contributed by atoms with E-state index in [1.807, 2.05) is 21.9 Å². The Morgan fingerprint density at radius 1 is 0.921 bits per heavy atom. The largest absolute Gasteiger partial charge is 0.374 e. The number of benzene rings is 2. The molecular weight excluding hydrogens is 837 g/mol. The van der Waals surface area contributed by atoms with Crippen LogP contribution in [0.5, 0.6) is 0 Å². The van der Waals surface area contributed by atoms with E-state index in [1.54, 1.807) is 31.6 Å². The number of aromatic amines is 1. The molecule has 2 unspecified atom stereocenters. The summed E-state index contributed by atoms with van der Waals surface area (Å²) < 4.78 is 58.7. The van der Waals surface area contributed by atoms with Gasteiger partial charge >= 0.3 is 10.2 Å². The van der Waals surface area contributed by atoms with Gasteiger partial charge in [-0.05, 0) is 80.6 Å². The van der Waals surface area contributed by atoms with Gasteiger partial charge in [0.2, 0.25) is 23.5 Å². The van der Waals surface area contributed by atoms with Crippen molar-refractivity contribution in [2.45, 2.75) is 50.8 Å². The molecule has 0 saturated carbocycles. The molecule has 3 saturated heterocycles. The van der Waals surface area contributed by atoms with Crippen molar-refractivity contribution in [2.75, 3.05) is 74.3 Å². The van der Waals surface area contributed by atoms with Crippen LogP contribution in [0.15, 0.2) is 67.3 Å². The van der Waals surface area contributed by atoms with Crippen LogP contribution in [0.1, 0.15) is 60.0 Å². The van der Waals surface area contributed by atoms with E-state index in [2.05, 4.69) is 52.3 Å². The summed E-state index contributed by atoms with van der Waals surface area (Å²) in [5.41, 5.74) is 1.98. The SMILES string of the molecule is CCN(C)S(=O)(=O)Nc1ccc(F)c(C(=O)c2c[nH]c3ncc(-c4cnc(N5CCN(C(=O)CN6CCC(c7ccc(NC8CCC(O)NC8=O)cc7)CC6)CC5)nc4)cc23)c1F. The lowest BCUT2D eigenvalue weighted by Crippen LogP contribution is -2.52. The maximum absolute atomic E-state index is 15.6. The average Bonchev–Trinajstić information content (AvgIpc) is 3.72. The highest BCUT2D eigenvalue weighted by Gasteiger charge is 2.30. The molecule has 0 bridgehead atoms. The summed E-state index contributed by atoms with van der Waals surface area (Å²) >= 11 is 0. The van der Waals surface area contributed by atoms with Gasteiger partial charge < -0.3 is 30.5 Å². The van der Waals surface area contributed by atoms with E-state index < -0.39 is 45.1 Å². The molecule has 2 amide bonds. The second-order valence-electron chi connectivity index (χ2n) is 16.1. The van der Waals surface area contributed by atoms with Crippen LogP contribution in [0.4, 0.5) is 26.1 Å². The molecule has 17 nitrogen and oxygen atoms in total. The minimum absolute atomic E-state index is 0.0654. The molecule has 20 heteroatoms. The first kappa shape index (κ1) is 43.6. The van der Waals surface area contributed by atoms with Crippen molar-refractivity contribution in [3.8, 4) is 11.1 Å². The molecule has 3 aromatic heterocycles. The molecular formula is C43H49F2N11O6S. The number of fused-ring (bicyclic) bond motifs is 1. The summed E-state index contributed by atoms with van der Waals surface area (Å²) in [6.07, 6.45) is 8.29. The van der Waals surface area contributed by atoms with Gasteiger partial charge in [-0.2, -0.15) is 12.7 Å². The number of ketones is 1. The molecule has 5 N–H and O–H groups in total. The number of carbonyl (C=O) groups excluding carboxylic acids is 3. The van der Waals surface area contributed by atoms with Gasteiger partial charge in [0, 0.05) is 92.3 Å².